The van der Waals surface area contributed by atoms with Gasteiger partial charge in [0.05, 0.1) is 20.0 Å². The molecule has 0 N–H and O–H groups in total. The highest BCUT2D eigenvalue weighted by Gasteiger charge is 2.20. The molecule has 0 saturated carbocycles. The highest BCUT2D eigenvalue weighted by molar-refractivity contribution is 7.89. The summed E-state index contributed by atoms with van der Waals surface area (Å²) >= 11 is 1.19. The lowest BCUT2D eigenvalue weighted by Crippen LogP contribution is -2.27. The number of hydrogen-bond donors (Lipinski definition) is 0. The topological polar surface area (TPSA) is 115 Å². The molecule has 9 nitrogen and oxygen atoms in total. The van der Waals surface area contributed by atoms with E-state index in [-0.39, 0.29) is 16.1 Å². The summed E-state index contributed by atoms with van der Waals surface area (Å²) in [5, 5.41) is 11.0. The molecule has 0 atom stereocenters. The van der Waals surface area contributed by atoms with Gasteiger partial charge in [0, 0.05) is 37.8 Å². The molecular formula is C21H24N4O5S2. The normalized spacial score (nSPS) is 12.6. The van der Waals surface area contributed by atoms with Gasteiger partial charge in [-0.15, -0.1) is 0 Å². The first-order valence-corrected chi connectivity index (χ1v) is 12.4. The fourth-order valence-electron chi connectivity index (χ4n) is 3.17. The first kappa shape index (κ1) is 23.8. The molecule has 0 spiro atoms. The molecule has 1 aromatic heterocycles. The summed E-state index contributed by atoms with van der Waals surface area (Å²) in [4.78, 5) is 28.0. The zero-order chi connectivity index (χ0) is 23.5. The summed E-state index contributed by atoms with van der Waals surface area (Å²) in [5.74, 6) is -0.517. The molecule has 0 aliphatic heterocycles. The number of carbonyl (C=O) groups is 1. The largest absolute Gasteiger partial charge is 0.317 e. The summed E-state index contributed by atoms with van der Waals surface area (Å²) in [6.45, 7) is 4.84. The van der Waals surface area contributed by atoms with Gasteiger partial charge in [0.2, 0.25) is 10.0 Å². The summed E-state index contributed by atoms with van der Waals surface area (Å²) in [6, 6.07) is 10.2. The molecule has 32 heavy (non-hydrogen) atoms. The van der Waals surface area contributed by atoms with E-state index in [1.165, 1.54) is 59.1 Å². The Morgan fingerprint density at radius 3 is 2.47 bits per heavy atom. The van der Waals surface area contributed by atoms with Crippen LogP contribution in [0.2, 0.25) is 0 Å². The van der Waals surface area contributed by atoms with Crippen LogP contribution in [-0.2, 0) is 16.6 Å². The van der Waals surface area contributed by atoms with Crippen LogP contribution in [0.15, 0.2) is 52.4 Å². The highest BCUT2D eigenvalue weighted by atomic mass is 32.2. The average molecular weight is 477 g/mol. The van der Waals surface area contributed by atoms with E-state index in [4.69, 9.17) is 0 Å². The third-order valence-electron chi connectivity index (χ3n) is 5.03. The molecule has 170 valence electrons. The number of benzene rings is 2. The van der Waals surface area contributed by atoms with Crippen molar-refractivity contribution in [2.45, 2.75) is 38.1 Å². The van der Waals surface area contributed by atoms with Gasteiger partial charge in [-0.3, -0.25) is 14.9 Å². The number of sulfonamides is 1. The summed E-state index contributed by atoms with van der Waals surface area (Å²) in [7, 11) is -2.08. The third kappa shape index (κ3) is 4.79. The number of aromatic nitrogens is 1. The Morgan fingerprint density at radius 2 is 1.88 bits per heavy atom. The molecule has 0 fully saturated rings. The van der Waals surface area contributed by atoms with Crippen LogP contribution in [0, 0.1) is 10.1 Å². The lowest BCUT2D eigenvalue weighted by atomic mass is 10.2. The van der Waals surface area contributed by atoms with Crippen LogP contribution in [-0.4, -0.2) is 41.7 Å². The minimum Gasteiger partial charge on any atom is -0.317 e. The smallest absolute Gasteiger partial charge is 0.279 e. The lowest BCUT2D eigenvalue weighted by Gasteiger charge is -2.16. The van der Waals surface area contributed by atoms with Gasteiger partial charge in [0.1, 0.15) is 0 Å². The van der Waals surface area contributed by atoms with E-state index in [1.54, 1.807) is 6.07 Å². The Hall–Kier alpha value is -2.89. The van der Waals surface area contributed by atoms with Gasteiger partial charge in [-0.1, -0.05) is 24.7 Å². The van der Waals surface area contributed by atoms with Crippen molar-refractivity contribution in [1.29, 1.82) is 0 Å². The van der Waals surface area contributed by atoms with Crippen LogP contribution in [0.25, 0.3) is 10.2 Å². The van der Waals surface area contributed by atoms with E-state index in [1.807, 2.05) is 18.4 Å². The standard InChI is InChI=1S/C21H24N4O5S2/c1-4-6-13-23(3)32(29,30)17-10-7-15(8-11-17)20(26)22-21-24(5-2)18-12-9-16(25(27)28)14-19(18)31-21/h7-12,14H,4-6,13H2,1-3H3. The fourth-order valence-corrected chi connectivity index (χ4v) is 5.50. The Kier molecular flexibility index (Phi) is 7.22. The molecule has 0 saturated heterocycles. The van der Waals surface area contributed by atoms with Gasteiger partial charge in [-0.25, -0.2) is 12.7 Å². The fraction of sp³-hybridized carbons (Fsp3) is 0.333. The van der Waals surface area contributed by atoms with E-state index in [2.05, 4.69) is 4.99 Å². The summed E-state index contributed by atoms with van der Waals surface area (Å²) in [5.41, 5.74) is 0.984. The molecule has 0 unspecified atom stereocenters. The molecule has 11 heteroatoms. The van der Waals surface area contributed by atoms with Crippen LogP contribution in [0.3, 0.4) is 0 Å². The number of amides is 1. The van der Waals surface area contributed by atoms with Crippen molar-refractivity contribution in [2.24, 2.45) is 4.99 Å². The van der Waals surface area contributed by atoms with Crippen molar-refractivity contribution in [3.05, 3.63) is 62.9 Å². The van der Waals surface area contributed by atoms with Crippen LogP contribution in [0.5, 0.6) is 0 Å². The zero-order valence-electron chi connectivity index (χ0n) is 18.0. The Balaban J connectivity index is 1.93. The molecule has 1 amide bonds. The number of hydrogen-bond acceptors (Lipinski definition) is 6. The molecule has 0 bridgehead atoms. The molecule has 0 aliphatic carbocycles. The summed E-state index contributed by atoms with van der Waals surface area (Å²) in [6.07, 6.45) is 1.65. The van der Waals surface area contributed by atoms with E-state index in [0.29, 0.717) is 22.6 Å². The van der Waals surface area contributed by atoms with Gasteiger partial charge >= 0.3 is 0 Å². The number of non-ortho nitro benzene ring substituents is 1. The van der Waals surface area contributed by atoms with Crippen molar-refractivity contribution in [1.82, 2.24) is 8.87 Å². The monoisotopic (exact) mass is 476 g/mol. The maximum atomic E-state index is 12.7. The first-order chi connectivity index (χ1) is 15.2. The molecule has 0 aliphatic rings. The predicted octanol–water partition coefficient (Wildman–Crippen LogP) is 3.79. The van der Waals surface area contributed by atoms with Crippen molar-refractivity contribution < 1.29 is 18.1 Å². The SMILES string of the molecule is CCCCN(C)S(=O)(=O)c1ccc(C(=O)N=c2sc3cc([N+](=O)[O-])ccc3n2CC)cc1. The van der Waals surface area contributed by atoms with Gasteiger partial charge in [-0.05, 0) is 43.7 Å². The number of thiazole rings is 1. The number of nitro groups is 1. The number of unbranched alkanes of at least 4 members (excludes halogenated alkanes) is 1. The number of fused-ring (bicyclic) bond motifs is 1. The van der Waals surface area contributed by atoms with Crippen molar-refractivity contribution >= 4 is 43.2 Å². The van der Waals surface area contributed by atoms with Gasteiger partial charge < -0.3 is 4.57 Å². The van der Waals surface area contributed by atoms with E-state index < -0.39 is 20.9 Å². The third-order valence-corrected chi connectivity index (χ3v) is 7.94. The molecule has 3 aromatic rings. The number of aryl methyl sites for hydroxylation is 1. The second-order valence-corrected chi connectivity index (χ2v) is 10.2. The number of nitro benzene ring substituents is 1. The maximum Gasteiger partial charge on any atom is 0.279 e. The Morgan fingerprint density at radius 1 is 1.19 bits per heavy atom. The molecular weight excluding hydrogens is 452 g/mol. The second-order valence-electron chi connectivity index (χ2n) is 7.16. The van der Waals surface area contributed by atoms with E-state index in [9.17, 15) is 23.3 Å². The zero-order valence-corrected chi connectivity index (χ0v) is 19.6. The highest BCUT2D eigenvalue weighted by Crippen LogP contribution is 2.23. The number of nitrogens with zero attached hydrogens (tertiary/aromatic N) is 4. The van der Waals surface area contributed by atoms with Crippen LogP contribution < -0.4 is 4.80 Å². The molecule has 3 rings (SSSR count). The minimum atomic E-state index is -3.62. The molecule has 2 aromatic carbocycles. The van der Waals surface area contributed by atoms with Gasteiger partial charge in [0.25, 0.3) is 11.6 Å². The Labute approximate surface area is 189 Å². The number of rotatable bonds is 8. The van der Waals surface area contributed by atoms with Gasteiger partial charge in [0.15, 0.2) is 4.80 Å². The van der Waals surface area contributed by atoms with Gasteiger partial charge in [-0.2, -0.15) is 4.99 Å². The van der Waals surface area contributed by atoms with E-state index >= 15 is 0 Å². The quantitative estimate of drug-likeness (QED) is 0.362. The van der Waals surface area contributed by atoms with Crippen LogP contribution >= 0.6 is 11.3 Å². The van der Waals surface area contributed by atoms with Crippen LogP contribution in [0.1, 0.15) is 37.0 Å². The molecule has 0 radical (unpaired) electrons. The average Bonchev–Trinajstić information content (AvgIpc) is 3.13. The number of carbonyl (C=O) groups excluding carboxylic acids is 1. The minimum absolute atomic E-state index is 0.0272. The van der Waals surface area contributed by atoms with Crippen molar-refractivity contribution in [2.75, 3.05) is 13.6 Å². The lowest BCUT2D eigenvalue weighted by molar-refractivity contribution is -0.384. The maximum absolute atomic E-state index is 12.7. The van der Waals surface area contributed by atoms with Crippen molar-refractivity contribution in [3.63, 3.8) is 0 Å². The van der Waals surface area contributed by atoms with Crippen LogP contribution in [0.4, 0.5) is 5.69 Å². The first-order valence-electron chi connectivity index (χ1n) is 10.1. The Bertz CT molecular complexity index is 1320. The molecule has 1 heterocycles. The van der Waals surface area contributed by atoms with Crippen molar-refractivity contribution in [3.8, 4) is 0 Å². The summed E-state index contributed by atoms with van der Waals surface area (Å²) < 4.78 is 29.0. The van der Waals surface area contributed by atoms with E-state index in [0.717, 1.165) is 18.4 Å². The predicted molar refractivity (Wildman–Crippen MR) is 123 cm³/mol. The second kappa shape index (κ2) is 9.72.